The van der Waals surface area contributed by atoms with Gasteiger partial charge in [-0.05, 0) is 49.1 Å². The van der Waals surface area contributed by atoms with Crippen molar-refractivity contribution >= 4 is 21.6 Å². The van der Waals surface area contributed by atoms with Gasteiger partial charge in [-0.15, -0.1) is 0 Å². The third-order valence-electron chi connectivity index (χ3n) is 4.41. The van der Waals surface area contributed by atoms with Crippen molar-refractivity contribution in [3.8, 4) is 0 Å². The van der Waals surface area contributed by atoms with Crippen LogP contribution in [0.2, 0.25) is 0 Å². The molecule has 0 aromatic heterocycles. The van der Waals surface area contributed by atoms with E-state index in [4.69, 9.17) is 0 Å². The molecule has 2 aromatic carbocycles. The summed E-state index contributed by atoms with van der Waals surface area (Å²) < 4.78 is 25.6. The van der Waals surface area contributed by atoms with E-state index in [0.29, 0.717) is 5.69 Å². The largest absolute Gasteiger partial charge is 0.348 e. The fourth-order valence-electron chi connectivity index (χ4n) is 2.76. The molecule has 5 nitrogen and oxygen atoms in total. The zero-order valence-electron chi connectivity index (χ0n) is 15.7. The van der Waals surface area contributed by atoms with Gasteiger partial charge in [0.1, 0.15) is 6.54 Å². The molecule has 0 aliphatic rings. The molecule has 0 radical (unpaired) electrons. The fraction of sp³-hybridized carbons (Fsp3) is 0.350. The van der Waals surface area contributed by atoms with Crippen molar-refractivity contribution in [1.82, 2.24) is 5.32 Å². The molecule has 0 bridgehead atoms. The van der Waals surface area contributed by atoms with Crippen LogP contribution in [0.3, 0.4) is 0 Å². The zero-order chi connectivity index (χ0) is 19.3. The summed E-state index contributed by atoms with van der Waals surface area (Å²) in [5.74, 6) is -0.329. The Bertz CT molecular complexity index is 864. The fourth-order valence-corrected chi connectivity index (χ4v) is 3.61. The Morgan fingerprint density at radius 1 is 1.08 bits per heavy atom. The summed E-state index contributed by atoms with van der Waals surface area (Å²) in [6.45, 7) is 5.62. The SMILES string of the molecule is CC[C@H](NC(=O)CN(c1ccc(C)c(C)c1)S(C)(=O)=O)c1ccccc1. The van der Waals surface area contributed by atoms with Crippen LogP contribution in [0.15, 0.2) is 48.5 Å². The minimum Gasteiger partial charge on any atom is -0.348 e. The average molecular weight is 375 g/mol. The average Bonchev–Trinajstić information content (AvgIpc) is 2.60. The highest BCUT2D eigenvalue weighted by atomic mass is 32.2. The van der Waals surface area contributed by atoms with E-state index in [1.54, 1.807) is 12.1 Å². The third kappa shape index (κ3) is 5.08. The lowest BCUT2D eigenvalue weighted by Gasteiger charge is -2.24. The van der Waals surface area contributed by atoms with Crippen LogP contribution in [0.25, 0.3) is 0 Å². The van der Waals surface area contributed by atoms with E-state index in [1.807, 2.05) is 57.2 Å². The summed E-state index contributed by atoms with van der Waals surface area (Å²) >= 11 is 0. The van der Waals surface area contributed by atoms with E-state index in [1.165, 1.54) is 0 Å². The van der Waals surface area contributed by atoms with Gasteiger partial charge in [-0.3, -0.25) is 9.10 Å². The molecule has 6 heteroatoms. The van der Waals surface area contributed by atoms with Crippen molar-refractivity contribution in [3.05, 3.63) is 65.2 Å². The molecule has 0 heterocycles. The Kier molecular flexibility index (Phi) is 6.42. The Balaban J connectivity index is 2.20. The number of sulfonamides is 1. The first kappa shape index (κ1) is 20.0. The number of carbonyl (C=O) groups is 1. The Labute approximate surface area is 156 Å². The quantitative estimate of drug-likeness (QED) is 0.808. The van der Waals surface area contributed by atoms with Crippen molar-refractivity contribution in [2.45, 2.75) is 33.2 Å². The second-order valence-corrected chi connectivity index (χ2v) is 8.38. The number of hydrogen-bond donors (Lipinski definition) is 1. The van der Waals surface area contributed by atoms with Gasteiger partial charge in [0.2, 0.25) is 15.9 Å². The van der Waals surface area contributed by atoms with Crippen LogP contribution in [0.4, 0.5) is 5.69 Å². The molecule has 0 spiro atoms. The number of aryl methyl sites for hydroxylation is 2. The van der Waals surface area contributed by atoms with Crippen LogP contribution in [0, 0.1) is 13.8 Å². The number of nitrogens with zero attached hydrogens (tertiary/aromatic N) is 1. The van der Waals surface area contributed by atoms with Crippen LogP contribution in [0.5, 0.6) is 0 Å². The molecular weight excluding hydrogens is 348 g/mol. The van der Waals surface area contributed by atoms with Crippen LogP contribution in [-0.4, -0.2) is 27.1 Å². The van der Waals surface area contributed by atoms with Crippen molar-refractivity contribution in [2.24, 2.45) is 0 Å². The maximum absolute atomic E-state index is 12.6. The van der Waals surface area contributed by atoms with E-state index in [-0.39, 0.29) is 18.5 Å². The number of amides is 1. The zero-order valence-corrected chi connectivity index (χ0v) is 16.5. The van der Waals surface area contributed by atoms with Crippen LogP contribution in [0.1, 0.15) is 36.1 Å². The number of hydrogen-bond acceptors (Lipinski definition) is 3. The molecular formula is C20H26N2O3S. The van der Waals surface area contributed by atoms with Gasteiger partial charge >= 0.3 is 0 Å². The van der Waals surface area contributed by atoms with Crippen molar-refractivity contribution in [1.29, 1.82) is 0 Å². The molecule has 0 unspecified atom stereocenters. The summed E-state index contributed by atoms with van der Waals surface area (Å²) in [6.07, 6.45) is 1.84. The van der Waals surface area contributed by atoms with Gasteiger partial charge < -0.3 is 5.32 Å². The number of benzene rings is 2. The van der Waals surface area contributed by atoms with Gasteiger partial charge in [-0.25, -0.2) is 8.42 Å². The number of nitrogens with one attached hydrogen (secondary N) is 1. The van der Waals surface area contributed by atoms with Crippen LogP contribution >= 0.6 is 0 Å². The van der Waals surface area contributed by atoms with E-state index in [9.17, 15) is 13.2 Å². The molecule has 2 rings (SSSR count). The molecule has 26 heavy (non-hydrogen) atoms. The first-order chi connectivity index (χ1) is 12.2. The molecule has 0 aliphatic heterocycles. The van der Waals surface area contributed by atoms with Gasteiger partial charge in [-0.2, -0.15) is 0 Å². The maximum atomic E-state index is 12.6. The molecule has 0 fully saturated rings. The standard InChI is InChI=1S/C20H26N2O3S/c1-5-19(17-9-7-6-8-10-17)21-20(23)14-22(26(4,24)25)18-12-11-15(2)16(3)13-18/h6-13,19H,5,14H2,1-4H3,(H,21,23)/t19-/m0/s1. The van der Waals surface area contributed by atoms with Crippen molar-refractivity contribution in [2.75, 3.05) is 17.1 Å². The molecule has 0 aliphatic carbocycles. The van der Waals surface area contributed by atoms with Gasteiger partial charge in [0, 0.05) is 0 Å². The topological polar surface area (TPSA) is 66.5 Å². The number of rotatable bonds is 7. The summed E-state index contributed by atoms with van der Waals surface area (Å²) in [5.41, 5.74) is 3.55. The number of carbonyl (C=O) groups excluding carboxylic acids is 1. The molecule has 0 saturated carbocycles. The Morgan fingerprint density at radius 3 is 2.27 bits per heavy atom. The highest BCUT2D eigenvalue weighted by Crippen LogP contribution is 2.22. The van der Waals surface area contributed by atoms with Gasteiger partial charge in [0.25, 0.3) is 0 Å². The molecule has 2 aromatic rings. The summed E-state index contributed by atoms with van der Waals surface area (Å²) in [6, 6.07) is 14.9. The van der Waals surface area contributed by atoms with Crippen molar-refractivity contribution in [3.63, 3.8) is 0 Å². The summed E-state index contributed by atoms with van der Waals surface area (Å²) in [7, 11) is -3.58. The first-order valence-electron chi connectivity index (χ1n) is 8.61. The highest BCUT2D eigenvalue weighted by Gasteiger charge is 2.22. The maximum Gasteiger partial charge on any atom is 0.241 e. The monoisotopic (exact) mass is 374 g/mol. The van der Waals surface area contributed by atoms with Gasteiger partial charge in [0.15, 0.2) is 0 Å². The highest BCUT2D eigenvalue weighted by molar-refractivity contribution is 7.92. The Hall–Kier alpha value is -2.34. The summed E-state index contributed by atoms with van der Waals surface area (Å²) in [4.78, 5) is 12.6. The number of anilines is 1. The lowest BCUT2D eigenvalue weighted by molar-refractivity contribution is -0.120. The minimum atomic E-state index is -3.58. The Morgan fingerprint density at radius 2 is 1.73 bits per heavy atom. The van der Waals surface area contributed by atoms with Gasteiger partial charge in [0.05, 0.1) is 18.0 Å². The van der Waals surface area contributed by atoms with E-state index < -0.39 is 10.0 Å². The molecule has 0 saturated heterocycles. The summed E-state index contributed by atoms with van der Waals surface area (Å²) in [5, 5.41) is 2.94. The van der Waals surface area contributed by atoms with Crippen LogP contribution < -0.4 is 9.62 Å². The second-order valence-electron chi connectivity index (χ2n) is 6.48. The van der Waals surface area contributed by atoms with Crippen LogP contribution in [-0.2, 0) is 14.8 Å². The normalized spacial score (nSPS) is 12.5. The van der Waals surface area contributed by atoms with Crippen molar-refractivity contribution < 1.29 is 13.2 Å². The predicted molar refractivity (Wildman–Crippen MR) is 106 cm³/mol. The predicted octanol–water partition coefficient (Wildman–Crippen LogP) is 3.34. The molecule has 1 atom stereocenters. The van der Waals surface area contributed by atoms with Gasteiger partial charge in [-0.1, -0.05) is 43.3 Å². The van der Waals surface area contributed by atoms with E-state index >= 15 is 0 Å². The second kappa shape index (κ2) is 8.36. The smallest absolute Gasteiger partial charge is 0.241 e. The third-order valence-corrected chi connectivity index (χ3v) is 5.55. The lowest BCUT2D eigenvalue weighted by atomic mass is 10.0. The lowest BCUT2D eigenvalue weighted by Crippen LogP contribution is -2.41. The van der Waals surface area contributed by atoms with E-state index in [0.717, 1.165) is 33.7 Å². The minimum absolute atomic E-state index is 0.148. The first-order valence-corrected chi connectivity index (χ1v) is 10.5. The van der Waals surface area contributed by atoms with E-state index in [2.05, 4.69) is 5.32 Å². The molecule has 140 valence electrons. The molecule has 1 N–H and O–H groups in total. The molecule has 1 amide bonds.